The van der Waals surface area contributed by atoms with Crippen LogP contribution in [0.15, 0.2) is 36.4 Å². The molecule has 20 heavy (non-hydrogen) atoms. The number of carbonyl (C=O) groups is 2. The lowest BCUT2D eigenvalue weighted by Gasteiger charge is -2.35. The average molecular weight is 272 g/mol. The fourth-order valence-corrected chi connectivity index (χ4v) is 2.36. The highest BCUT2D eigenvalue weighted by Crippen LogP contribution is 2.17. The second-order valence-electron chi connectivity index (χ2n) is 4.90. The molecular formula is C16H20N2O2. The van der Waals surface area contributed by atoms with E-state index in [1.54, 1.807) is 19.1 Å². The van der Waals surface area contributed by atoms with Gasteiger partial charge in [-0.2, -0.15) is 0 Å². The fraction of sp³-hybridized carbons (Fsp3) is 0.375. The summed E-state index contributed by atoms with van der Waals surface area (Å²) in [6.45, 7) is 6.63. The highest BCUT2D eigenvalue weighted by molar-refractivity contribution is 6.04. The molecule has 1 aromatic carbocycles. The Hall–Kier alpha value is -2.10. The lowest BCUT2D eigenvalue weighted by Crippen LogP contribution is -2.48. The normalized spacial score (nSPS) is 15.7. The number of carbonyl (C=O) groups excluding carboxylic acids is 2. The first kappa shape index (κ1) is 14.3. The van der Waals surface area contributed by atoms with Gasteiger partial charge in [-0.1, -0.05) is 6.08 Å². The Bertz CT molecular complexity index is 512. The summed E-state index contributed by atoms with van der Waals surface area (Å²) in [5.74, 6) is 0.164. The highest BCUT2D eigenvalue weighted by Gasteiger charge is 2.18. The van der Waals surface area contributed by atoms with Crippen LogP contribution in [-0.2, 0) is 4.79 Å². The Morgan fingerprint density at radius 1 is 1.05 bits per heavy atom. The molecule has 1 aromatic rings. The number of nitrogens with zero attached hydrogens (tertiary/aromatic N) is 2. The monoisotopic (exact) mass is 272 g/mol. The topological polar surface area (TPSA) is 40.6 Å². The van der Waals surface area contributed by atoms with Gasteiger partial charge in [-0.05, 0) is 37.3 Å². The molecule has 4 nitrogen and oxygen atoms in total. The number of piperazine rings is 1. The van der Waals surface area contributed by atoms with Crippen LogP contribution in [0.3, 0.4) is 0 Å². The van der Waals surface area contributed by atoms with Gasteiger partial charge in [0.2, 0.25) is 5.91 Å². The first-order valence-electron chi connectivity index (χ1n) is 6.89. The smallest absolute Gasteiger partial charge is 0.219 e. The summed E-state index contributed by atoms with van der Waals surface area (Å²) in [6.07, 6.45) is 3.32. The molecule has 0 bridgehead atoms. The van der Waals surface area contributed by atoms with E-state index < -0.39 is 0 Å². The van der Waals surface area contributed by atoms with E-state index in [-0.39, 0.29) is 11.7 Å². The van der Waals surface area contributed by atoms with Crippen molar-refractivity contribution < 1.29 is 9.59 Å². The van der Waals surface area contributed by atoms with E-state index in [4.69, 9.17) is 0 Å². The van der Waals surface area contributed by atoms with Crippen LogP contribution >= 0.6 is 0 Å². The molecule has 2 rings (SSSR count). The third kappa shape index (κ3) is 3.26. The molecule has 0 unspecified atom stereocenters. The number of benzene rings is 1. The van der Waals surface area contributed by atoms with Crippen LogP contribution in [0, 0.1) is 0 Å². The molecule has 1 heterocycles. The van der Waals surface area contributed by atoms with E-state index in [1.165, 1.54) is 0 Å². The largest absolute Gasteiger partial charge is 0.368 e. The molecular weight excluding hydrogens is 252 g/mol. The summed E-state index contributed by atoms with van der Waals surface area (Å²) in [5.41, 5.74) is 1.81. The summed E-state index contributed by atoms with van der Waals surface area (Å²) >= 11 is 0. The first-order chi connectivity index (χ1) is 9.61. The van der Waals surface area contributed by atoms with Gasteiger partial charge in [0.1, 0.15) is 0 Å². The van der Waals surface area contributed by atoms with Crippen molar-refractivity contribution in [2.24, 2.45) is 0 Å². The van der Waals surface area contributed by atoms with Crippen LogP contribution in [-0.4, -0.2) is 42.8 Å². The van der Waals surface area contributed by atoms with Gasteiger partial charge in [0.15, 0.2) is 5.78 Å². The number of rotatable bonds is 3. The van der Waals surface area contributed by atoms with E-state index in [1.807, 2.05) is 36.1 Å². The molecule has 0 radical (unpaired) electrons. The van der Waals surface area contributed by atoms with E-state index in [9.17, 15) is 9.59 Å². The Morgan fingerprint density at radius 2 is 1.65 bits per heavy atom. The van der Waals surface area contributed by atoms with Crippen LogP contribution in [0.2, 0.25) is 0 Å². The number of anilines is 1. The van der Waals surface area contributed by atoms with Gasteiger partial charge in [0.05, 0.1) is 0 Å². The van der Waals surface area contributed by atoms with Crippen molar-refractivity contribution in [3.05, 3.63) is 42.0 Å². The van der Waals surface area contributed by atoms with Gasteiger partial charge in [-0.25, -0.2) is 0 Å². The van der Waals surface area contributed by atoms with E-state index in [0.717, 1.165) is 31.9 Å². The van der Waals surface area contributed by atoms with Crippen molar-refractivity contribution in [1.29, 1.82) is 0 Å². The minimum atomic E-state index is 0.0282. The van der Waals surface area contributed by atoms with Crippen molar-refractivity contribution in [2.45, 2.75) is 13.8 Å². The SMILES string of the molecule is C/C=C/C(=O)c1ccc(N2CCN(C(C)=O)CC2)cc1. The predicted octanol–water partition coefficient (Wildman–Crippen LogP) is 2.11. The second kappa shape index (κ2) is 6.37. The number of hydrogen-bond donors (Lipinski definition) is 0. The third-order valence-corrected chi connectivity index (χ3v) is 3.56. The van der Waals surface area contributed by atoms with Gasteiger partial charge in [-0.15, -0.1) is 0 Å². The molecule has 1 saturated heterocycles. The van der Waals surface area contributed by atoms with Crippen LogP contribution in [0.4, 0.5) is 5.69 Å². The number of ketones is 1. The molecule has 0 aromatic heterocycles. The Labute approximate surface area is 119 Å². The molecule has 0 aliphatic carbocycles. The summed E-state index contributed by atoms with van der Waals surface area (Å²) in [5, 5.41) is 0. The summed E-state index contributed by atoms with van der Waals surface area (Å²) in [6, 6.07) is 7.66. The van der Waals surface area contributed by atoms with Crippen molar-refractivity contribution in [2.75, 3.05) is 31.1 Å². The summed E-state index contributed by atoms with van der Waals surface area (Å²) in [4.78, 5) is 27.1. The summed E-state index contributed by atoms with van der Waals surface area (Å²) < 4.78 is 0. The molecule has 0 spiro atoms. The maximum atomic E-state index is 11.7. The standard InChI is InChI=1S/C16H20N2O2/c1-3-4-16(20)14-5-7-15(8-6-14)18-11-9-17(10-12-18)13(2)19/h3-8H,9-12H2,1-2H3/b4-3+. The second-order valence-corrected chi connectivity index (χ2v) is 4.90. The van der Waals surface area contributed by atoms with Crippen LogP contribution < -0.4 is 4.90 Å². The minimum Gasteiger partial charge on any atom is -0.368 e. The van der Waals surface area contributed by atoms with Gasteiger partial charge in [-0.3, -0.25) is 9.59 Å². The maximum absolute atomic E-state index is 11.7. The summed E-state index contributed by atoms with van der Waals surface area (Å²) in [7, 11) is 0. The number of hydrogen-bond acceptors (Lipinski definition) is 3. The molecule has 0 N–H and O–H groups in total. The molecule has 1 aliphatic rings. The molecule has 0 saturated carbocycles. The molecule has 0 atom stereocenters. The highest BCUT2D eigenvalue weighted by atomic mass is 16.2. The van der Waals surface area contributed by atoms with Crippen LogP contribution in [0.25, 0.3) is 0 Å². The molecule has 4 heteroatoms. The fourth-order valence-electron chi connectivity index (χ4n) is 2.36. The minimum absolute atomic E-state index is 0.0282. The zero-order valence-corrected chi connectivity index (χ0v) is 12.0. The number of allylic oxidation sites excluding steroid dienone is 2. The van der Waals surface area contributed by atoms with Crippen molar-refractivity contribution >= 4 is 17.4 Å². The lowest BCUT2D eigenvalue weighted by molar-refractivity contribution is -0.129. The quantitative estimate of drug-likeness (QED) is 0.625. The molecule has 1 fully saturated rings. The van der Waals surface area contributed by atoms with Gasteiger partial charge >= 0.3 is 0 Å². The van der Waals surface area contributed by atoms with Gasteiger partial charge < -0.3 is 9.80 Å². The van der Waals surface area contributed by atoms with Crippen molar-refractivity contribution in [1.82, 2.24) is 4.90 Å². The number of amides is 1. The van der Waals surface area contributed by atoms with Crippen molar-refractivity contribution in [3.8, 4) is 0 Å². The van der Waals surface area contributed by atoms with Gasteiger partial charge in [0, 0.05) is 44.4 Å². The van der Waals surface area contributed by atoms with E-state index >= 15 is 0 Å². The van der Waals surface area contributed by atoms with Crippen molar-refractivity contribution in [3.63, 3.8) is 0 Å². The molecule has 1 amide bonds. The zero-order chi connectivity index (χ0) is 14.5. The zero-order valence-electron chi connectivity index (χ0n) is 12.0. The third-order valence-electron chi connectivity index (χ3n) is 3.56. The Balaban J connectivity index is 2.01. The van der Waals surface area contributed by atoms with Gasteiger partial charge in [0.25, 0.3) is 0 Å². The van der Waals surface area contributed by atoms with Crippen LogP contribution in [0.1, 0.15) is 24.2 Å². The predicted molar refractivity (Wildman–Crippen MR) is 80.1 cm³/mol. The lowest BCUT2D eigenvalue weighted by atomic mass is 10.1. The Morgan fingerprint density at radius 3 is 2.15 bits per heavy atom. The molecule has 106 valence electrons. The molecule has 1 aliphatic heterocycles. The average Bonchev–Trinajstić information content (AvgIpc) is 2.48. The maximum Gasteiger partial charge on any atom is 0.219 e. The van der Waals surface area contributed by atoms with E-state index in [0.29, 0.717) is 5.56 Å². The van der Waals surface area contributed by atoms with E-state index in [2.05, 4.69) is 4.90 Å². The first-order valence-corrected chi connectivity index (χ1v) is 6.89. The Kier molecular flexibility index (Phi) is 4.56. The van der Waals surface area contributed by atoms with Crippen LogP contribution in [0.5, 0.6) is 0 Å².